The van der Waals surface area contributed by atoms with Gasteiger partial charge in [-0.2, -0.15) is 0 Å². The van der Waals surface area contributed by atoms with Gasteiger partial charge in [-0.25, -0.2) is 4.98 Å². The highest BCUT2D eigenvalue weighted by Gasteiger charge is 2.14. The molecule has 0 radical (unpaired) electrons. The summed E-state index contributed by atoms with van der Waals surface area (Å²) < 4.78 is 10.7. The second kappa shape index (κ2) is 5.35. The van der Waals surface area contributed by atoms with Crippen LogP contribution < -0.4 is 4.74 Å². The van der Waals surface area contributed by atoms with Crippen LogP contribution in [0.3, 0.4) is 0 Å². The van der Waals surface area contributed by atoms with Crippen molar-refractivity contribution in [2.45, 2.75) is 12.5 Å². The number of para-hydroxylation sites is 1. The summed E-state index contributed by atoms with van der Waals surface area (Å²) in [5.74, 6) is 1.13. The van der Waals surface area contributed by atoms with Crippen LogP contribution in [0.25, 0.3) is 11.0 Å². The zero-order valence-electron chi connectivity index (χ0n) is 11.1. The summed E-state index contributed by atoms with van der Waals surface area (Å²) in [5.41, 5.74) is 1.72. The molecular formula is C16H15NO3. The van der Waals surface area contributed by atoms with Crippen LogP contribution in [0, 0.1) is 0 Å². The topological polar surface area (TPSA) is 55.5 Å². The molecule has 0 bridgehead atoms. The summed E-state index contributed by atoms with van der Waals surface area (Å²) in [6.45, 7) is 0. The van der Waals surface area contributed by atoms with Crippen molar-refractivity contribution in [2.24, 2.45) is 0 Å². The SMILES string of the molecule is COc1ccc(CC(O)c2cc3ccccc3o2)cn1. The van der Waals surface area contributed by atoms with Crippen molar-refractivity contribution in [2.75, 3.05) is 7.11 Å². The van der Waals surface area contributed by atoms with Gasteiger partial charge in [0.05, 0.1) is 7.11 Å². The van der Waals surface area contributed by atoms with E-state index >= 15 is 0 Å². The largest absolute Gasteiger partial charge is 0.481 e. The minimum atomic E-state index is -0.683. The van der Waals surface area contributed by atoms with Gasteiger partial charge in [0.2, 0.25) is 5.88 Å². The molecule has 20 heavy (non-hydrogen) atoms. The summed E-state index contributed by atoms with van der Waals surface area (Å²) in [7, 11) is 1.57. The second-order valence-electron chi connectivity index (χ2n) is 4.62. The van der Waals surface area contributed by atoms with Gasteiger partial charge in [0.1, 0.15) is 17.4 Å². The molecule has 3 rings (SSSR count). The molecule has 0 spiro atoms. The summed E-state index contributed by atoms with van der Waals surface area (Å²) >= 11 is 0. The van der Waals surface area contributed by atoms with Crippen LogP contribution in [0.4, 0.5) is 0 Å². The molecule has 2 aromatic heterocycles. The summed E-state index contributed by atoms with van der Waals surface area (Å²) in [4.78, 5) is 4.12. The molecular weight excluding hydrogens is 254 g/mol. The Morgan fingerprint density at radius 1 is 1.25 bits per heavy atom. The third kappa shape index (κ3) is 2.51. The first-order chi connectivity index (χ1) is 9.76. The van der Waals surface area contributed by atoms with Crippen molar-refractivity contribution < 1.29 is 14.3 Å². The van der Waals surface area contributed by atoms with E-state index in [2.05, 4.69) is 4.98 Å². The van der Waals surface area contributed by atoms with Gasteiger partial charge in [0, 0.05) is 24.1 Å². The first-order valence-corrected chi connectivity index (χ1v) is 6.42. The summed E-state index contributed by atoms with van der Waals surface area (Å²) in [6, 6.07) is 13.2. The lowest BCUT2D eigenvalue weighted by Crippen LogP contribution is -2.01. The Kier molecular flexibility index (Phi) is 3.39. The average molecular weight is 269 g/mol. The Morgan fingerprint density at radius 3 is 2.80 bits per heavy atom. The molecule has 0 saturated carbocycles. The molecule has 4 nitrogen and oxygen atoms in total. The first-order valence-electron chi connectivity index (χ1n) is 6.42. The smallest absolute Gasteiger partial charge is 0.212 e. The van der Waals surface area contributed by atoms with Crippen molar-refractivity contribution >= 4 is 11.0 Å². The van der Waals surface area contributed by atoms with Crippen molar-refractivity contribution in [3.05, 3.63) is 60.0 Å². The zero-order chi connectivity index (χ0) is 13.9. The van der Waals surface area contributed by atoms with Crippen molar-refractivity contribution in [3.8, 4) is 5.88 Å². The average Bonchev–Trinajstić information content (AvgIpc) is 2.92. The number of aromatic nitrogens is 1. The lowest BCUT2D eigenvalue weighted by Gasteiger charge is -2.07. The fourth-order valence-electron chi connectivity index (χ4n) is 2.14. The number of pyridine rings is 1. The van der Waals surface area contributed by atoms with Crippen LogP contribution in [-0.4, -0.2) is 17.2 Å². The molecule has 0 aliphatic rings. The summed E-state index contributed by atoms with van der Waals surface area (Å²) in [6.07, 6.45) is 1.47. The minimum Gasteiger partial charge on any atom is -0.481 e. The maximum absolute atomic E-state index is 10.2. The molecule has 102 valence electrons. The van der Waals surface area contributed by atoms with Crippen LogP contribution in [0.2, 0.25) is 0 Å². The second-order valence-corrected chi connectivity index (χ2v) is 4.62. The van der Waals surface area contributed by atoms with Gasteiger partial charge in [0.25, 0.3) is 0 Å². The molecule has 0 aliphatic heterocycles. The molecule has 0 aliphatic carbocycles. The fourth-order valence-corrected chi connectivity index (χ4v) is 2.14. The first kappa shape index (κ1) is 12.7. The van der Waals surface area contributed by atoms with Crippen molar-refractivity contribution in [1.29, 1.82) is 0 Å². The number of nitrogens with zero attached hydrogens (tertiary/aromatic N) is 1. The predicted octanol–water partition coefficient (Wildman–Crippen LogP) is 3.11. The maximum atomic E-state index is 10.2. The van der Waals surface area contributed by atoms with E-state index in [9.17, 15) is 5.11 Å². The lowest BCUT2D eigenvalue weighted by atomic mass is 10.1. The van der Waals surface area contributed by atoms with E-state index in [4.69, 9.17) is 9.15 Å². The van der Waals surface area contributed by atoms with Crippen LogP contribution in [0.15, 0.2) is 53.1 Å². The number of rotatable bonds is 4. The predicted molar refractivity (Wildman–Crippen MR) is 75.7 cm³/mol. The number of benzene rings is 1. The maximum Gasteiger partial charge on any atom is 0.212 e. The standard InChI is InChI=1S/C16H15NO3/c1-19-16-7-6-11(10-17-16)8-13(18)15-9-12-4-2-3-5-14(12)20-15/h2-7,9-10,13,18H,8H2,1H3. The Balaban J connectivity index is 1.79. The Morgan fingerprint density at radius 2 is 2.10 bits per heavy atom. The normalized spacial score (nSPS) is 12.5. The van der Waals surface area contributed by atoms with Gasteiger partial charge in [0.15, 0.2) is 0 Å². The lowest BCUT2D eigenvalue weighted by molar-refractivity contribution is 0.152. The van der Waals surface area contributed by atoms with E-state index < -0.39 is 6.10 Å². The van der Waals surface area contributed by atoms with Crippen molar-refractivity contribution in [3.63, 3.8) is 0 Å². The Hall–Kier alpha value is -2.33. The van der Waals surface area contributed by atoms with Crippen LogP contribution in [0.5, 0.6) is 5.88 Å². The number of hydrogen-bond acceptors (Lipinski definition) is 4. The quantitative estimate of drug-likeness (QED) is 0.790. The number of methoxy groups -OCH3 is 1. The number of ether oxygens (including phenoxy) is 1. The highest BCUT2D eigenvalue weighted by atomic mass is 16.5. The monoisotopic (exact) mass is 269 g/mol. The molecule has 0 saturated heterocycles. The van der Waals surface area contributed by atoms with Gasteiger partial charge >= 0.3 is 0 Å². The van der Waals surface area contributed by atoms with Crippen molar-refractivity contribution in [1.82, 2.24) is 4.98 Å². The van der Waals surface area contributed by atoms with Gasteiger partial charge in [-0.1, -0.05) is 24.3 Å². The number of aliphatic hydroxyl groups excluding tert-OH is 1. The van der Waals surface area contributed by atoms with E-state index in [0.29, 0.717) is 18.1 Å². The highest BCUT2D eigenvalue weighted by molar-refractivity contribution is 5.77. The number of fused-ring (bicyclic) bond motifs is 1. The molecule has 0 fully saturated rings. The Labute approximate surface area is 116 Å². The molecule has 1 atom stereocenters. The van der Waals surface area contributed by atoms with E-state index in [1.54, 1.807) is 19.4 Å². The molecule has 3 aromatic rings. The number of furan rings is 1. The molecule has 1 N–H and O–H groups in total. The third-order valence-corrected chi connectivity index (χ3v) is 3.21. The summed E-state index contributed by atoms with van der Waals surface area (Å²) in [5, 5.41) is 11.2. The van der Waals surface area contributed by atoms with E-state index in [-0.39, 0.29) is 0 Å². The van der Waals surface area contributed by atoms with Gasteiger partial charge in [-0.05, 0) is 17.7 Å². The molecule has 1 aromatic carbocycles. The van der Waals surface area contributed by atoms with Crippen LogP contribution in [-0.2, 0) is 6.42 Å². The minimum absolute atomic E-state index is 0.455. The van der Waals surface area contributed by atoms with Crippen LogP contribution in [0.1, 0.15) is 17.4 Å². The van der Waals surface area contributed by atoms with Gasteiger partial charge in [-0.15, -0.1) is 0 Å². The number of aliphatic hydroxyl groups is 1. The molecule has 1 unspecified atom stereocenters. The van der Waals surface area contributed by atoms with Gasteiger partial charge < -0.3 is 14.3 Å². The third-order valence-electron chi connectivity index (χ3n) is 3.21. The molecule has 0 amide bonds. The highest BCUT2D eigenvalue weighted by Crippen LogP contribution is 2.26. The molecule has 2 heterocycles. The van der Waals surface area contributed by atoms with Gasteiger partial charge in [-0.3, -0.25) is 0 Å². The zero-order valence-corrected chi connectivity index (χ0v) is 11.1. The van der Waals surface area contributed by atoms with E-state index in [0.717, 1.165) is 16.5 Å². The number of hydrogen-bond donors (Lipinski definition) is 1. The molecule has 4 heteroatoms. The van der Waals surface area contributed by atoms with E-state index in [1.165, 1.54) is 0 Å². The van der Waals surface area contributed by atoms with E-state index in [1.807, 2.05) is 36.4 Å². The Bertz CT molecular complexity index is 670. The van der Waals surface area contributed by atoms with Crippen LogP contribution >= 0.6 is 0 Å². The fraction of sp³-hybridized carbons (Fsp3) is 0.188.